The van der Waals surface area contributed by atoms with Gasteiger partial charge in [0.1, 0.15) is 0 Å². The fourth-order valence-corrected chi connectivity index (χ4v) is 2.88. The van der Waals surface area contributed by atoms with Gasteiger partial charge in [0.15, 0.2) is 0 Å². The van der Waals surface area contributed by atoms with E-state index in [-0.39, 0.29) is 4.90 Å². The fraction of sp³-hybridized carbons (Fsp3) is 0.250. The first-order chi connectivity index (χ1) is 11.0. The molecule has 0 aliphatic heterocycles. The molecule has 0 saturated heterocycles. The summed E-state index contributed by atoms with van der Waals surface area (Å²) in [5.41, 5.74) is 1.88. The molecular formula is C16H19N3O3S. The molecule has 122 valence electrons. The summed E-state index contributed by atoms with van der Waals surface area (Å²) in [6.07, 6.45) is 3.10. The summed E-state index contributed by atoms with van der Waals surface area (Å²) in [5, 5.41) is 2.53. The van der Waals surface area contributed by atoms with Gasteiger partial charge in [0.25, 0.3) is 10.0 Å². The monoisotopic (exact) mass is 333 g/mol. The van der Waals surface area contributed by atoms with Crippen LogP contribution in [0.2, 0.25) is 0 Å². The number of aryl methyl sites for hydroxylation is 2. The third-order valence-corrected chi connectivity index (χ3v) is 4.53. The zero-order valence-electron chi connectivity index (χ0n) is 12.8. The quantitative estimate of drug-likeness (QED) is 0.792. The number of amides is 2. The summed E-state index contributed by atoms with van der Waals surface area (Å²) >= 11 is 0. The van der Waals surface area contributed by atoms with E-state index in [4.69, 9.17) is 0 Å². The molecule has 7 heteroatoms. The van der Waals surface area contributed by atoms with E-state index in [2.05, 4.69) is 10.3 Å². The molecule has 1 heterocycles. The highest BCUT2D eigenvalue weighted by Crippen LogP contribution is 2.09. The van der Waals surface area contributed by atoms with Crippen molar-refractivity contribution in [1.82, 2.24) is 15.0 Å². The average molecular weight is 333 g/mol. The molecule has 0 spiro atoms. The predicted molar refractivity (Wildman–Crippen MR) is 87.5 cm³/mol. The van der Waals surface area contributed by atoms with Crippen LogP contribution in [-0.4, -0.2) is 26.0 Å². The van der Waals surface area contributed by atoms with Crippen molar-refractivity contribution in [2.75, 3.05) is 6.54 Å². The van der Waals surface area contributed by atoms with Crippen molar-refractivity contribution in [2.45, 2.75) is 24.7 Å². The normalized spacial score (nSPS) is 11.0. The van der Waals surface area contributed by atoms with Gasteiger partial charge >= 0.3 is 6.03 Å². The van der Waals surface area contributed by atoms with E-state index in [1.54, 1.807) is 18.3 Å². The Bertz CT molecular complexity index is 744. The molecule has 0 radical (unpaired) electrons. The zero-order valence-corrected chi connectivity index (χ0v) is 13.6. The van der Waals surface area contributed by atoms with E-state index < -0.39 is 16.1 Å². The molecular weight excluding hydrogens is 314 g/mol. The molecule has 0 atom stereocenters. The van der Waals surface area contributed by atoms with Gasteiger partial charge in [-0.1, -0.05) is 23.8 Å². The highest BCUT2D eigenvalue weighted by molar-refractivity contribution is 7.90. The molecule has 0 bridgehead atoms. The van der Waals surface area contributed by atoms with Crippen LogP contribution in [0, 0.1) is 6.92 Å². The van der Waals surface area contributed by atoms with Crippen LogP contribution in [0.1, 0.15) is 17.7 Å². The molecule has 0 aliphatic carbocycles. The van der Waals surface area contributed by atoms with E-state index in [1.807, 2.05) is 29.8 Å². The molecule has 1 aromatic heterocycles. The number of sulfonamides is 1. The third kappa shape index (κ3) is 5.37. The molecule has 2 N–H and O–H groups in total. The lowest BCUT2D eigenvalue weighted by Gasteiger charge is -2.08. The van der Waals surface area contributed by atoms with Crippen molar-refractivity contribution in [2.24, 2.45) is 0 Å². The van der Waals surface area contributed by atoms with Crippen molar-refractivity contribution in [3.8, 4) is 0 Å². The molecule has 23 heavy (non-hydrogen) atoms. The van der Waals surface area contributed by atoms with Gasteiger partial charge in [-0.3, -0.25) is 4.98 Å². The maximum Gasteiger partial charge on any atom is 0.328 e. The van der Waals surface area contributed by atoms with Crippen LogP contribution in [0.4, 0.5) is 4.79 Å². The van der Waals surface area contributed by atoms with E-state index >= 15 is 0 Å². The number of rotatable bonds is 6. The topological polar surface area (TPSA) is 88.2 Å². The van der Waals surface area contributed by atoms with Crippen LogP contribution in [0.5, 0.6) is 0 Å². The van der Waals surface area contributed by atoms with Gasteiger partial charge in [-0.15, -0.1) is 0 Å². The summed E-state index contributed by atoms with van der Waals surface area (Å²) in [4.78, 5) is 15.9. The Morgan fingerprint density at radius 2 is 1.87 bits per heavy atom. The lowest BCUT2D eigenvalue weighted by Crippen LogP contribution is -2.39. The number of benzene rings is 1. The highest BCUT2D eigenvalue weighted by atomic mass is 32.2. The van der Waals surface area contributed by atoms with E-state index in [0.717, 1.165) is 11.3 Å². The first kappa shape index (κ1) is 17.0. The summed E-state index contributed by atoms with van der Waals surface area (Å²) in [6, 6.07) is 11.2. The molecule has 2 rings (SSSR count). The summed E-state index contributed by atoms with van der Waals surface area (Å²) in [5.74, 6) is 0. The van der Waals surface area contributed by atoms with Gasteiger partial charge in [-0.2, -0.15) is 0 Å². The number of nitrogens with one attached hydrogen (secondary N) is 2. The lowest BCUT2D eigenvalue weighted by atomic mass is 10.2. The Balaban J connectivity index is 1.79. The van der Waals surface area contributed by atoms with Crippen molar-refractivity contribution in [1.29, 1.82) is 0 Å². The van der Waals surface area contributed by atoms with E-state index in [9.17, 15) is 13.2 Å². The highest BCUT2D eigenvalue weighted by Gasteiger charge is 2.16. The first-order valence-electron chi connectivity index (χ1n) is 7.24. The Morgan fingerprint density at radius 1 is 1.13 bits per heavy atom. The van der Waals surface area contributed by atoms with Crippen molar-refractivity contribution >= 4 is 16.1 Å². The van der Waals surface area contributed by atoms with E-state index in [1.165, 1.54) is 12.1 Å². The molecule has 0 unspecified atom stereocenters. The SMILES string of the molecule is Cc1ccc(S(=O)(=O)NC(=O)NCCCc2ccccn2)cc1. The van der Waals surface area contributed by atoms with Gasteiger partial charge in [0.05, 0.1) is 4.90 Å². The van der Waals surface area contributed by atoms with Gasteiger partial charge in [0, 0.05) is 18.4 Å². The number of urea groups is 1. The minimum atomic E-state index is -3.84. The van der Waals surface area contributed by atoms with Crippen LogP contribution in [0.3, 0.4) is 0 Å². The van der Waals surface area contributed by atoms with Crippen LogP contribution in [0.15, 0.2) is 53.6 Å². The van der Waals surface area contributed by atoms with Gasteiger partial charge in [-0.25, -0.2) is 17.9 Å². The lowest BCUT2D eigenvalue weighted by molar-refractivity contribution is 0.245. The smallest absolute Gasteiger partial charge is 0.328 e. The number of pyridine rings is 1. The molecule has 1 aromatic carbocycles. The zero-order chi connectivity index (χ0) is 16.7. The summed E-state index contributed by atoms with van der Waals surface area (Å²) in [7, 11) is -3.84. The second-order valence-corrected chi connectivity index (χ2v) is 6.78. The summed E-state index contributed by atoms with van der Waals surface area (Å²) in [6.45, 7) is 2.23. The number of hydrogen-bond acceptors (Lipinski definition) is 4. The Labute approximate surface area is 136 Å². The largest absolute Gasteiger partial charge is 0.337 e. The maximum absolute atomic E-state index is 12.0. The van der Waals surface area contributed by atoms with Crippen molar-refractivity contribution in [3.05, 3.63) is 59.9 Å². The first-order valence-corrected chi connectivity index (χ1v) is 8.73. The van der Waals surface area contributed by atoms with Gasteiger partial charge in [0.2, 0.25) is 0 Å². The Kier molecular flexibility index (Phi) is 5.70. The molecule has 0 aliphatic rings. The molecule has 6 nitrogen and oxygen atoms in total. The molecule has 2 aromatic rings. The molecule has 0 fully saturated rings. The molecule has 0 saturated carbocycles. The minimum Gasteiger partial charge on any atom is -0.337 e. The number of carbonyl (C=O) groups is 1. The third-order valence-electron chi connectivity index (χ3n) is 3.18. The Morgan fingerprint density at radius 3 is 2.52 bits per heavy atom. The van der Waals surface area contributed by atoms with Crippen LogP contribution in [-0.2, 0) is 16.4 Å². The predicted octanol–water partition coefficient (Wildman–Crippen LogP) is 2.01. The second-order valence-electron chi connectivity index (χ2n) is 5.10. The van der Waals surface area contributed by atoms with Crippen molar-refractivity contribution < 1.29 is 13.2 Å². The summed E-state index contributed by atoms with van der Waals surface area (Å²) < 4.78 is 26.0. The second kappa shape index (κ2) is 7.73. The maximum atomic E-state index is 12.0. The van der Waals surface area contributed by atoms with Gasteiger partial charge < -0.3 is 5.32 Å². The van der Waals surface area contributed by atoms with Crippen molar-refractivity contribution in [3.63, 3.8) is 0 Å². The van der Waals surface area contributed by atoms with E-state index in [0.29, 0.717) is 19.4 Å². The van der Waals surface area contributed by atoms with Crippen LogP contribution < -0.4 is 10.0 Å². The number of nitrogens with zero attached hydrogens (tertiary/aromatic N) is 1. The number of aromatic nitrogens is 1. The standard InChI is InChI=1S/C16H19N3O3S/c1-13-7-9-15(10-8-13)23(21,22)19-16(20)18-12-4-6-14-5-2-3-11-17-14/h2-3,5,7-11H,4,6,12H2,1H3,(H2,18,19,20). The fourth-order valence-electron chi connectivity index (χ4n) is 1.95. The number of carbonyl (C=O) groups excluding carboxylic acids is 1. The van der Waals surface area contributed by atoms with Crippen LogP contribution in [0.25, 0.3) is 0 Å². The Hall–Kier alpha value is -2.41. The minimum absolute atomic E-state index is 0.0618. The average Bonchev–Trinajstić information content (AvgIpc) is 2.52. The number of hydrogen-bond donors (Lipinski definition) is 2. The van der Waals surface area contributed by atoms with Gasteiger partial charge in [-0.05, 0) is 44.0 Å². The molecule has 2 amide bonds. The van der Waals surface area contributed by atoms with Crippen LogP contribution >= 0.6 is 0 Å².